The van der Waals surface area contributed by atoms with Crippen molar-refractivity contribution in [1.29, 1.82) is 0 Å². The van der Waals surface area contributed by atoms with Crippen LogP contribution in [0.25, 0.3) is 0 Å². The predicted octanol–water partition coefficient (Wildman–Crippen LogP) is 1.69. The van der Waals surface area contributed by atoms with Crippen LogP contribution in [0.4, 0.5) is 5.82 Å². The first-order valence-corrected chi connectivity index (χ1v) is 3.64. The van der Waals surface area contributed by atoms with E-state index in [0.717, 1.165) is 22.9 Å². The molecule has 1 N–H and O–H groups in total. The topological polar surface area (TPSA) is 37.8 Å². The molecular formula is C8H15N3. The van der Waals surface area contributed by atoms with E-state index in [-0.39, 0.29) is 1.43 Å². The second-order valence-corrected chi connectivity index (χ2v) is 2.58. The van der Waals surface area contributed by atoms with Crippen molar-refractivity contribution in [1.82, 2.24) is 9.97 Å². The Balaban J connectivity index is 0.00000121. The highest BCUT2D eigenvalue weighted by atomic mass is 15.0. The number of aryl methyl sites for hydroxylation is 2. The predicted molar refractivity (Wildman–Crippen MR) is 47.9 cm³/mol. The number of hydrogen-bond acceptors (Lipinski definition) is 3. The van der Waals surface area contributed by atoms with Gasteiger partial charge in [-0.2, -0.15) is 0 Å². The number of rotatable bonds is 1. The molecule has 62 valence electrons. The van der Waals surface area contributed by atoms with Crippen LogP contribution in [-0.2, 0) is 0 Å². The molecule has 3 nitrogen and oxygen atoms in total. The van der Waals surface area contributed by atoms with Gasteiger partial charge in [0.1, 0.15) is 11.6 Å². The minimum atomic E-state index is 0. The fraction of sp³-hybridized carbons (Fsp3) is 0.500. The van der Waals surface area contributed by atoms with E-state index in [4.69, 9.17) is 0 Å². The standard InChI is InChI=1S/C8H13N3.H2/c1-5-6(2)10-7(3)11-8(5)9-4;/h1-4H3,(H,9,10,11);1H/i;1+1. The molecule has 1 aromatic rings. The van der Waals surface area contributed by atoms with Gasteiger partial charge in [-0.1, -0.05) is 0 Å². The molecule has 1 aromatic heterocycles. The zero-order chi connectivity index (χ0) is 8.43. The van der Waals surface area contributed by atoms with Gasteiger partial charge in [-0.15, -0.1) is 0 Å². The molecule has 0 unspecified atom stereocenters. The van der Waals surface area contributed by atoms with Gasteiger partial charge in [0, 0.05) is 19.7 Å². The largest absolute Gasteiger partial charge is 0.373 e. The molecule has 0 saturated heterocycles. The molecule has 0 aliphatic carbocycles. The van der Waals surface area contributed by atoms with E-state index in [1.54, 1.807) is 0 Å². The Morgan fingerprint density at radius 2 is 1.82 bits per heavy atom. The van der Waals surface area contributed by atoms with Crippen LogP contribution in [0.5, 0.6) is 0 Å². The lowest BCUT2D eigenvalue weighted by Crippen LogP contribution is -2.02. The first kappa shape index (κ1) is 7.98. The summed E-state index contributed by atoms with van der Waals surface area (Å²) in [6, 6.07) is 0. The molecule has 0 aliphatic rings. The molecule has 3 heteroatoms. The van der Waals surface area contributed by atoms with Gasteiger partial charge in [0.05, 0.1) is 0 Å². The van der Waals surface area contributed by atoms with Gasteiger partial charge in [-0.25, -0.2) is 9.97 Å². The van der Waals surface area contributed by atoms with Crippen LogP contribution >= 0.6 is 0 Å². The van der Waals surface area contributed by atoms with E-state index < -0.39 is 0 Å². The molecule has 0 spiro atoms. The Labute approximate surface area is 68.4 Å². The highest BCUT2D eigenvalue weighted by molar-refractivity contribution is 5.44. The van der Waals surface area contributed by atoms with Crippen LogP contribution in [0, 0.1) is 20.8 Å². The molecule has 0 saturated carbocycles. The molecule has 0 atom stereocenters. The lowest BCUT2D eigenvalue weighted by atomic mass is 10.2. The Hall–Kier alpha value is -1.12. The number of anilines is 1. The van der Waals surface area contributed by atoms with E-state index in [9.17, 15) is 0 Å². The van der Waals surface area contributed by atoms with Crippen molar-refractivity contribution in [3.8, 4) is 0 Å². The summed E-state index contributed by atoms with van der Waals surface area (Å²) in [6.07, 6.45) is 0. The average Bonchev–Trinajstić information content (AvgIpc) is 1.96. The SMILES string of the molecule is CNc1nc(C)nc(C)c1C.[2HH]. The summed E-state index contributed by atoms with van der Waals surface area (Å²) in [5, 5.41) is 3.03. The summed E-state index contributed by atoms with van der Waals surface area (Å²) in [4.78, 5) is 8.46. The van der Waals surface area contributed by atoms with E-state index in [0.29, 0.717) is 0 Å². The van der Waals surface area contributed by atoms with Gasteiger partial charge in [0.15, 0.2) is 0 Å². The average molecular weight is 154 g/mol. The third-order valence-electron chi connectivity index (χ3n) is 1.74. The van der Waals surface area contributed by atoms with Gasteiger partial charge in [0.2, 0.25) is 0 Å². The number of aromatic nitrogens is 2. The van der Waals surface area contributed by atoms with Gasteiger partial charge in [-0.05, 0) is 20.8 Å². The zero-order valence-corrected chi connectivity index (χ0v) is 7.39. The summed E-state index contributed by atoms with van der Waals surface area (Å²) in [5.74, 6) is 1.74. The summed E-state index contributed by atoms with van der Waals surface area (Å²) in [7, 11) is 1.87. The van der Waals surface area contributed by atoms with Crippen LogP contribution in [0.2, 0.25) is 0 Å². The summed E-state index contributed by atoms with van der Waals surface area (Å²) in [5.41, 5.74) is 2.17. The molecule has 1 heterocycles. The maximum atomic E-state index is 4.23. The fourth-order valence-electron chi connectivity index (χ4n) is 1.01. The van der Waals surface area contributed by atoms with Crippen molar-refractivity contribution in [3.05, 3.63) is 17.1 Å². The molecule has 0 bridgehead atoms. The maximum Gasteiger partial charge on any atom is 0.132 e. The number of nitrogens with zero attached hydrogens (tertiary/aromatic N) is 2. The quantitative estimate of drug-likeness (QED) is 0.669. The van der Waals surface area contributed by atoms with Crippen molar-refractivity contribution in [3.63, 3.8) is 0 Å². The lowest BCUT2D eigenvalue weighted by molar-refractivity contribution is 0.987. The molecule has 0 fully saturated rings. The van der Waals surface area contributed by atoms with Crippen LogP contribution in [0.1, 0.15) is 18.5 Å². The minimum absolute atomic E-state index is 0. The Bertz CT molecular complexity index is 273. The van der Waals surface area contributed by atoms with Crippen LogP contribution in [0.3, 0.4) is 0 Å². The van der Waals surface area contributed by atoms with Gasteiger partial charge < -0.3 is 5.32 Å². The van der Waals surface area contributed by atoms with Crippen molar-refractivity contribution >= 4 is 5.82 Å². The summed E-state index contributed by atoms with van der Waals surface area (Å²) >= 11 is 0. The van der Waals surface area contributed by atoms with E-state index in [1.165, 1.54) is 0 Å². The molecule has 1 rings (SSSR count). The van der Waals surface area contributed by atoms with Gasteiger partial charge in [-0.3, -0.25) is 0 Å². The van der Waals surface area contributed by atoms with E-state index >= 15 is 0 Å². The highest BCUT2D eigenvalue weighted by Gasteiger charge is 2.02. The van der Waals surface area contributed by atoms with Crippen LogP contribution in [-0.4, -0.2) is 17.0 Å². The van der Waals surface area contributed by atoms with Crippen molar-refractivity contribution in [2.75, 3.05) is 12.4 Å². The Kier molecular flexibility index (Phi) is 2.08. The highest BCUT2D eigenvalue weighted by Crippen LogP contribution is 2.12. The zero-order valence-electron chi connectivity index (χ0n) is 7.39. The molecule has 0 aromatic carbocycles. The van der Waals surface area contributed by atoms with Crippen LogP contribution < -0.4 is 5.32 Å². The number of nitrogens with one attached hydrogen (secondary N) is 1. The van der Waals surface area contributed by atoms with Crippen molar-refractivity contribution in [2.45, 2.75) is 20.8 Å². The first-order valence-electron chi connectivity index (χ1n) is 3.64. The molecule has 0 amide bonds. The second kappa shape index (κ2) is 2.86. The van der Waals surface area contributed by atoms with E-state index in [2.05, 4.69) is 15.3 Å². The number of hydrogen-bond donors (Lipinski definition) is 1. The van der Waals surface area contributed by atoms with Gasteiger partial charge in [0.25, 0.3) is 0 Å². The smallest absolute Gasteiger partial charge is 0.132 e. The van der Waals surface area contributed by atoms with Crippen molar-refractivity contribution in [2.24, 2.45) is 0 Å². The third kappa shape index (κ3) is 1.48. The molecule has 0 radical (unpaired) electrons. The Morgan fingerprint density at radius 3 is 2.36 bits per heavy atom. The lowest BCUT2D eigenvalue weighted by Gasteiger charge is -2.06. The normalized spacial score (nSPS) is 9.82. The summed E-state index contributed by atoms with van der Waals surface area (Å²) < 4.78 is 0. The van der Waals surface area contributed by atoms with E-state index in [1.807, 2.05) is 27.8 Å². The fourth-order valence-corrected chi connectivity index (χ4v) is 1.01. The molecular weight excluding hydrogens is 138 g/mol. The summed E-state index contributed by atoms with van der Waals surface area (Å²) in [6.45, 7) is 5.90. The minimum Gasteiger partial charge on any atom is -0.373 e. The third-order valence-corrected chi connectivity index (χ3v) is 1.74. The maximum absolute atomic E-state index is 4.23. The molecule has 11 heavy (non-hydrogen) atoms. The van der Waals surface area contributed by atoms with Gasteiger partial charge >= 0.3 is 0 Å². The van der Waals surface area contributed by atoms with Crippen molar-refractivity contribution < 1.29 is 1.43 Å². The molecule has 0 aliphatic heterocycles. The second-order valence-electron chi connectivity index (χ2n) is 2.58. The Morgan fingerprint density at radius 1 is 1.18 bits per heavy atom. The first-order chi connectivity index (χ1) is 5.15. The van der Waals surface area contributed by atoms with Crippen LogP contribution in [0.15, 0.2) is 0 Å². The monoisotopic (exact) mass is 154 g/mol.